The number of carboxylic acid groups (broad SMARTS) is 1. The SMILES string of the molecule is CC(C)(C)C1(Cl)C=CC(c2ccccc2)=CC1C(=O)O. The van der Waals surface area contributed by atoms with E-state index in [1.807, 2.05) is 63.3 Å². The van der Waals surface area contributed by atoms with E-state index in [0.29, 0.717) is 0 Å². The highest BCUT2D eigenvalue weighted by molar-refractivity contribution is 6.28. The van der Waals surface area contributed by atoms with Crippen molar-refractivity contribution in [3.63, 3.8) is 0 Å². The van der Waals surface area contributed by atoms with Gasteiger partial charge >= 0.3 is 5.97 Å². The highest BCUT2D eigenvalue weighted by Crippen LogP contribution is 2.47. The maximum absolute atomic E-state index is 11.6. The number of aliphatic carboxylic acids is 1. The van der Waals surface area contributed by atoms with Crippen LogP contribution < -0.4 is 0 Å². The molecule has 0 fully saturated rings. The van der Waals surface area contributed by atoms with Crippen LogP contribution in [0.5, 0.6) is 0 Å². The summed E-state index contributed by atoms with van der Waals surface area (Å²) in [6.07, 6.45) is 5.51. The van der Waals surface area contributed by atoms with Gasteiger partial charge in [0.05, 0.1) is 10.8 Å². The molecule has 1 aliphatic rings. The lowest BCUT2D eigenvalue weighted by Crippen LogP contribution is -2.46. The predicted molar refractivity (Wildman–Crippen MR) is 82.7 cm³/mol. The van der Waals surface area contributed by atoms with Crippen LogP contribution in [0.4, 0.5) is 0 Å². The Hall–Kier alpha value is -1.54. The summed E-state index contributed by atoms with van der Waals surface area (Å²) in [5, 5.41) is 9.54. The van der Waals surface area contributed by atoms with Crippen LogP contribution in [0.3, 0.4) is 0 Å². The number of halogens is 1. The molecule has 20 heavy (non-hydrogen) atoms. The van der Waals surface area contributed by atoms with E-state index in [2.05, 4.69) is 0 Å². The number of alkyl halides is 1. The number of hydrogen-bond donors (Lipinski definition) is 1. The van der Waals surface area contributed by atoms with Gasteiger partial charge in [0.15, 0.2) is 0 Å². The third-order valence-corrected chi connectivity index (χ3v) is 4.75. The van der Waals surface area contributed by atoms with Gasteiger partial charge in [-0.15, -0.1) is 11.6 Å². The van der Waals surface area contributed by atoms with Gasteiger partial charge in [-0.2, -0.15) is 0 Å². The monoisotopic (exact) mass is 290 g/mol. The molecule has 0 saturated carbocycles. The van der Waals surface area contributed by atoms with Crippen molar-refractivity contribution in [3.8, 4) is 0 Å². The summed E-state index contributed by atoms with van der Waals surface area (Å²) >= 11 is 6.65. The first-order valence-electron chi connectivity index (χ1n) is 6.64. The minimum absolute atomic E-state index is 0.354. The summed E-state index contributed by atoms with van der Waals surface area (Å²) in [6.45, 7) is 5.88. The minimum Gasteiger partial charge on any atom is -0.481 e. The third-order valence-electron chi connectivity index (χ3n) is 3.83. The van der Waals surface area contributed by atoms with Crippen molar-refractivity contribution in [3.05, 3.63) is 54.1 Å². The van der Waals surface area contributed by atoms with E-state index in [4.69, 9.17) is 11.6 Å². The van der Waals surface area contributed by atoms with Gasteiger partial charge in [-0.25, -0.2) is 0 Å². The van der Waals surface area contributed by atoms with Crippen LogP contribution in [0, 0.1) is 11.3 Å². The number of benzene rings is 1. The van der Waals surface area contributed by atoms with Crippen molar-refractivity contribution < 1.29 is 9.90 Å². The summed E-state index contributed by atoms with van der Waals surface area (Å²) < 4.78 is 0. The van der Waals surface area contributed by atoms with Crippen molar-refractivity contribution in [2.24, 2.45) is 11.3 Å². The predicted octanol–water partition coefficient (Wildman–Crippen LogP) is 4.36. The molecule has 1 aromatic carbocycles. The summed E-state index contributed by atoms with van der Waals surface area (Å²) in [5.41, 5.74) is 1.55. The second-order valence-electron chi connectivity index (χ2n) is 6.16. The zero-order chi connectivity index (χ0) is 15.0. The molecule has 0 bridgehead atoms. The molecule has 0 spiro atoms. The molecule has 2 unspecified atom stereocenters. The smallest absolute Gasteiger partial charge is 0.312 e. The van der Waals surface area contributed by atoms with Crippen LogP contribution in [0.2, 0.25) is 0 Å². The first kappa shape index (κ1) is 14.9. The van der Waals surface area contributed by atoms with Gasteiger partial charge in [0.2, 0.25) is 0 Å². The van der Waals surface area contributed by atoms with E-state index in [1.165, 1.54) is 0 Å². The van der Waals surface area contributed by atoms with E-state index < -0.39 is 16.8 Å². The van der Waals surface area contributed by atoms with Crippen LogP contribution in [-0.2, 0) is 4.79 Å². The molecular formula is C17H19ClO2. The van der Waals surface area contributed by atoms with Crippen LogP contribution >= 0.6 is 11.6 Å². The molecule has 2 nitrogen and oxygen atoms in total. The zero-order valence-corrected chi connectivity index (χ0v) is 12.7. The Morgan fingerprint density at radius 1 is 1.25 bits per heavy atom. The average molecular weight is 291 g/mol. The molecule has 2 atom stereocenters. The first-order chi connectivity index (χ1) is 9.25. The summed E-state index contributed by atoms with van der Waals surface area (Å²) in [7, 11) is 0. The number of carbonyl (C=O) groups is 1. The Morgan fingerprint density at radius 3 is 2.35 bits per heavy atom. The lowest BCUT2D eigenvalue weighted by molar-refractivity contribution is -0.141. The Labute approximate surface area is 124 Å². The summed E-state index contributed by atoms with van der Waals surface area (Å²) in [6, 6.07) is 9.74. The van der Waals surface area contributed by atoms with E-state index >= 15 is 0 Å². The molecule has 0 heterocycles. The lowest BCUT2D eigenvalue weighted by atomic mass is 9.69. The van der Waals surface area contributed by atoms with Crippen molar-refractivity contribution in [2.45, 2.75) is 25.6 Å². The normalized spacial score (nSPS) is 26.2. The maximum Gasteiger partial charge on any atom is 0.312 e. The van der Waals surface area contributed by atoms with Crippen molar-refractivity contribution >= 4 is 23.1 Å². The van der Waals surface area contributed by atoms with Gasteiger partial charge < -0.3 is 5.11 Å². The largest absolute Gasteiger partial charge is 0.481 e. The molecule has 1 N–H and O–H groups in total. The van der Waals surface area contributed by atoms with Gasteiger partial charge in [0.1, 0.15) is 0 Å². The molecule has 0 radical (unpaired) electrons. The quantitative estimate of drug-likeness (QED) is 0.822. The topological polar surface area (TPSA) is 37.3 Å². The minimum atomic E-state index is -0.920. The average Bonchev–Trinajstić information content (AvgIpc) is 2.38. The molecule has 106 valence electrons. The Bertz CT molecular complexity index is 566. The highest BCUT2D eigenvalue weighted by atomic mass is 35.5. The van der Waals surface area contributed by atoms with Gasteiger partial charge in [-0.1, -0.05) is 69.3 Å². The van der Waals surface area contributed by atoms with Crippen molar-refractivity contribution in [2.75, 3.05) is 0 Å². The fourth-order valence-corrected chi connectivity index (χ4v) is 2.68. The van der Waals surface area contributed by atoms with Crippen LogP contribution in [0.15, 0.2) is 48.6 Å². The van der Waals surface area contributed by atoms with Crippen molar-refractivity contribution in [1.29, 1.82) is 0 Å². The Morgan fingerprint density at radius 2 is 1.85 bits per heavy atom. The Kier molecular flexibility index (Phi) is 3.79. The summed E-state index contributed by atoms with van der Waals surface area (Å²) in [5.74, 6) is -1.64. The fraction of sp³-hybridized carbons (Fsp3) is 0.353. The molecule has 1 aromatic rings. The van der Waals surface area contributed by atoms with E-state index in [0.717, 1.165) is 11.1 Å². The van der Waals surface area contributed by atoms with E-state index in [9.17, 15) is 9.90 Å². The number of rotatable bonds is 2. The van der Waals surface area contributed by atoms with Gasteiger partial charge in [0.25, 0.3) is 0 Å². The van der Waals surface area contributed by atoms with Crippen LogP contribution in [-0.4, -0.2) is 16.0 Å². The van der Waals surface area contributed by atoms with Crippen LogP contribution in [0.25, 0.3) is 5.57 Å². The second-order valence-corrected chi connectivity index (χ2v) is 6.78. The van der Waals surface area contributed by atoms with Crippen LogP contribution in [0.1, 0.15) is 26.3 Å². The van der Waals surface area contributed by atoms with E-state index in [1.54, 1.807) is 6.08 Å². The molecule has 2 rings (SSSR count). The Balaban J connectivity index is 2.47. The summed E-state index contributed by atoms with van der Waals surface area (Å²) in [4.78, 5) is 10.7. The van der Waals surface area contributed by atoms with Crippen molar-refractivity contribution in [1.82, 2.24) is 0 Å². The highest BCUT2D eigenvalue weighted by Gasteiger charge is 2.48. The maximum atomic E-state index is 11.6. The van der Waals surface area contributed by atoms with E-state index in [-0.39, 0.29) is 5.41 Å². The fourth-order valence-electron chi connectivity index (χ4n) is 2.46. The standard InChI is InChI=1S/C17H19ClO2/c1-16(2,3)17(18)10-9-13(11-14(17)15(19)20)12-7-5-4-6-8-12/h4-11,14H,1-3H3,(H,19,20). The molecule has 3 heteroatoms. The van der Waals surface area contributed by atoms with Gasteiger partial charge in [-0.3, -0.25) is 4.79 Å². The lowest BCUT2D eigenvalue weighted by Gasteiger charge is -2.42. The molecule has 0 aromatic heterocycles. The molecule has 0 amide bonds. The van der Waals surface area contributed by atoms with Gasteiger partial charge in [0, 0.05) is 0 Å². The second kappa shape index (κ2) is 5.10. The number of hydrogen-bond acceptors (Lipinski definition) is 1. The zero-order valence-electron chi connectivity index (χ0n) is 11.9. The third kappa shape index (κ3) is 2.53. The molecule has 0 saturated heterocycles. The number of carboxylic acids is 1. The molecular weight excluding hydrogens is 272 g/mol. The van der Waals surface area contributed by atoms with Gasteiger partial charge in [-0.05, 0) is 16.6 Å². The number of allylic oxidation sites excluding steroid dienone is 3. The first-order valence-corrected chi connectivity index (χ1v) is 7.02. The molecule has 0 aliphatic heterocycles. The molecule has 1 aliphatic carbocycles.